The standard InChI is InChI=1S/C19H21ClFN3O/c1-19(2,3)22-18(25)16-15-10-4-5-11(8-10)17(15)24(23-16)14-7-6-12(20)9-13(14)21/h6-7,9-11H,4-5,8H2,1-3H3,(H,22,25). The van der Waals surface area contributed by atoms with E-state index in [9.17, 15) is 9.18 Å². The maximum atomic E-state index is 14.5. The van der Waals surface area contributed by atoms with Crippen LogP contribution in [0.3, 0.4) is 0 Å². The number of amides is 1. The summed E-state index contributed by atoms with van der Waals surface area (Å²) in [5.41, 5.74) is 2.44. The van der Waals surface area contributed by atoms with Crippen LogP contribution >= 0.6 is 11.6 Å². The van der Waals surface area contributed by atoms with Gasteiger partial charge in [-0.25, -0.2) is 9.07 Å². The van der Waals surface area contributed by atoms with Gasteiger partial charge in [0.25, 0.3) is 5.91 Å². The molecular formula is C19H21ClFN3O. The van der Waals surface area contributed by atoms with Gasteiger partial charge < -0.3 is 5.32 Å². The lowest BCUT2D eigenvalue weighted by atomic mass is 9.94. The highest BCUT2D eigenvalue weighted by molar-refractivity contribution is 6.30. The van der Waals surface area contributed by atoms with Crippen molar-refractivity contribution in [3.8, 4) is 5.69 Å². The van der Waals surface area contributed by atoms with Crippen LogP contribution in [-0.2, 0) is 0 Å². The van der Waals surface area contributed by atoms with Crippen LogP contribution in [-0.4, -0.2) is 21.2 Å². The summed E-state index contributed by atoms with van der Waals surface area (Å²) in [6.45, 7) is 5.81. The average molecular weight is 362 g/mol. The van der Waals surface area contributed by atoms with Crippen LogP contribution in [0.5, 0.6) is 0 Å². The van der Waals surface area contributed by atoms with Crippen molar-refractivity contribution < 1.29 is 9.18 Å². The van der Waals surface area contributed by atoms with Gasteiger partial charge in [0.1, 0.15) is 11.5 Å². The van der Waals surface area contributed by atoms with Gasteiger partial charge in [-0.05, 0) is 64.2 Å². The molecule has 2 aliphatic rings. The van der Waals surface area contributed by atoms with E-state index in [1.165, 1.54) is 6.07 Å². The van der Waals surface area contributed by atoms with E-state index in [0.29, 0.717) is 28.2 Å². The van der Waals surface area contributed by atoms with E-state index in [2.05, 4.69) is 10.4 Å². The van der Waals surface area contributed by atoms with Crippen molar-refractivity contribution >= 4 is 17.5 Å². The highest BCUT2D eigenvalue weighted by atomic mass is 35.5. The number of hydrogen-bond donors (Lipinski definition) is 1. The van der Waals surface area contributed by atoms with Gasteiger partial charge in [-0.2, -0.15) is 5.10 Å². The predicted molar refractivity (Wildman–Crippen MR) is 95.1 cm³/mol. The first-order chi connectivity index (χ1) is 11.7. The van der Waals surface area contributed by atoms with Crippen LogP contribution in [0.15, 0.2) is 18.2 Å². The second-order valence-corrected chi connectivity index (χ2v) is 8.50. The average Bonchev–Trinajstić information content (AvgIpc) is 3.17. The van der Waals surface area contributed by atoms with Crippen molar-refractivity contribution in [1.29, 1.82) is 0 Å². The number of benzene rings is 1. The minimum Gasteiger partial charge on any atom is -0.346 e. The van der Waals surface area contributed by atoms with Crippen molar-refractivity contribution in [2.24, 2.45) is 0 Å². The lowest BCUT2D eigenvalue weighted by Gasteiger charge is -2.20. The molecule has 0 radical (unpaired) electrons. The molecule has 4 rings (SSSR count). The first kappa shape index (κ1) is 16.6. The number of hydrogen-bond acceptors (Lipinski definition) is 2. The van der Waals surface area contributed by atoms with Gasteiger partial charge >= 0.3 is 0 Å². The minimum absolute atomic E-state index is 0.190. The lowest BCUT2D eigenvalue weighted by molar-refractivity contribution is 0.0912. The maximum Gasteiger partial charge on any atom is 0.272 e. The summed E-state index contributed by atoms with van der Waals surface area (Å²) >= 11 is 5.88. The molecule has 4 nitrogen and oxygen atoms in total. The van der Waals surface area contributed by atoms with E-state index in [-0.39, 0.29) is 11.4 Å². The fourth-order valence-corrected chi connectivity index (χ4v) is 4.29. The van der Waals surface area contributed by atoms with Crippen LogP contribution in [0.4, 0.5) is 4.39 Å². The van der Waals surface area contributed by atoms with Crippen molar-refractivity contribution in [2.45, 2.75) is 57.4 Å². The van der Waals surface area contributed by atoms with Crippen LogP contribution in [0.2, 0.25) is 5.02 Å². The normalized spacial score (nSPS) is 21.5. The Hall–Kier alpha value is -1.88. The first-order valence-corrected chi connectivity index (χ1v) is 9.03. The molecule has 0 aliphatic heterocycles. The van der Waals surface area contributed by atoms with Crippen molar-refractivity contribution in [2.75, 3.05) is 0 Å². The Labute approximate surface area is 151 Å². The molecule has 1 N–H and O–H groups in total. The number of nitrogens with one attached hydrogen (secondary N) is 1. The van der Waals surface area contributed by atoms with Gasteiger partial charge in [0.2, 0.25) is 0 Å². The number of nitrogens with zero attached hydrogens (tertiary/aromatic N) is 2. The van der Waals surface area contributed by atoms with Gasteiger partial charge in [0, 0.05) is 22.0 Å². The summed E-state index contributed by atoms with van der Waals surface area (Å²) in [5, 5.41) is 7.87. The summed E-state index contributed by atoms with van der Waals surface area (Å²) in [5.74, 6) is 0.0800. The van der Waals surface area contributed by atoms with Crippen LogP contribution in [0, 0.1) is 5.82 Å². The topological polar surface area (TPSA) is 46.9 Å². The third-order valence-corrected chi connectivity index (χ3v) is 5.26. The van der Waals surface area contributed by atoms with Crippen LogP contribution < -0.4 is 5.32 Å². The Morgan fingerprint density at radius 3 is 2.72 bits per heavy atom. The smallest absolute Gasteiger partial charge is 0.272 e. The molecule has 1 aromatic heterocycles. The highest BCUT2D eigenvalue weighted by Gasteiger charge is 2.44. The van der Waals surface area contributed by atoms with Crippen molar-refractivity contribution in [3.05, 3.63) is 46.0 Å². The number of carbonyl (C=O) groups is 1. The molecule has 132 valence electrons. The minimum atomic E-state index is -0.427. The number of fused-ring (bicyclic) bond motifs is 5. The molecule has 0 spiro atoms. The third-order valence-electron chi connectivity index (χ3n) is 5.03. The fourth-order valence-electron chi connectivity index (χ4n) is 4.13. The Kier molecular flexibility index (Phi) is 3.69. The predicted octanol–water partition coefficient (Wildman–Crippen LogP) is 4.56. The molecule has 1 aromatic carbocycles. The number of carbonyl (C=O) groups excluding carboxylic acids is 1. The SMILES string of the molecule is CC(C)(C)NC(=O)c1nn(-c2ccc(Cl)cc2F)c2c1C1CCC2C1. The third kappa shape index (κ3) is 2.74. The molecule has 1 saturated carbocycles. The second-order valence-electron chi connectivity index (χ2n) is 8.07. The van der Waals surface area contributed by atoms with Crippen molar-refractivity contribution in [3.63, 3.8) is 0 Å². The van der Waals surface area contributed by atoms with Crippen LogP contribution in [0.1, 0.15) is 73.6 Å². The zero-order valence-electron chi connectivity index (χ0n) is 14.6. The molecule has 0 saturated heterocycles. The zero-order chi connectivity index (χ0) is 17.9. The maximum absolute atomic E-state index is 14.5. The lowest BCUT2D eigenvalue weighted by Crippen LogP contribution is -2.41. The summed E-state index contributed by atoms with van der Waals surface area (Å²) in [6.07, 6.45) is 3.17. The van der Waals surface area contributed by atoms with Gasteiger partial charge in [-0.15, -0.1) is 0 Å². The molecule has 1 amide bonds. The monoisotopic (exact) mass is 361 g/mol. The summed E-state index contributed by atoms with van der Waals surface area (Å²) < 4.78 is 16.1. The molecule has 2 atom stereocenters. The van der Waals surface area contributed by atoms with Gasteiger partial charge in [-0.1, -0.05) is 11.6 Å². The quantitative estimate of drug-likeness (QED) is 0.852. The molecule has 1 heterocycles. The van der Waals surface area contributed by atoms with E-state index in [0.717, 1.165) is 30.5 Å². The van der Waals surface area contributed by atoms with Gasteiger partial charge in [0.15, 0.2) is 5.69 Å². The number of rotatable bonds is 2. The summed E-state index contributed by atoms with van der Waals surface area (Å²) in [7, 11) is 0. The van der Waals surface area contributed by atoms with E-state index in [4.69, 9.17) is 11.6 Å². The van der Waals surface area contributed by atoms with E-state index >= 15 is 0 Å². The van der Waals surface area contributed by atoms with Gasteiger partial charge in [0.05, 0.1) is 5.69 Å². The number of aromatic nitrogens is 2. The molecule has 2 bridgehead atoms. The molecule has 1 fully saturated rings. The molecule has 6 heteroatoms. The molecule has 2 aliphatic carbocycles. The first-order valence-electron chi connectivity index (χ1n) is 8.65. The fraction of sp³-hybridized carbons (Fsp3) is 0.474. The summed E-state index contributed by atoms with van der Waals surface area (Å²) in [4.78, 5) is 12.8. The Balaban J connectivity index is 1.86. The number of halogens is 2. The van der Waals surface area contributed by atoms with Crippen LogP contribution in [0.25, 0.3) is 5.69 Å². The van der Waals surface area contributed by atoms with E-state index in [1.807, 2.05) is 20.8 Å². The molecule has 2 unspecified atom stereocenters. The van der Waals surface area contributed by atoms with E-state index < -0.39 is 5.82 Å². The van der Waals surface area contributed by atoms with Crippen molar-refractivity contribution in [1.82, 2.24) is 15.1 Å². The zero-order valence-corrected chi connectivity index (χ0v) is 15.3. The summed E-state index contributed by atoms with van der Waals surface area (Å²) in [6, 6.07) is 4.56. The molecule has 2 aromatic rings. The largest absolute Gasteiger partial charge is 0.346 e. The Bertz CT molecular complexity index is 868. The molecular weight excluding hydrogens is 341 g/mol. The molecule has 25 heavy (non-hydrogen) atoms. The van der Waals surface area contributed by atoms with Gasteiger partial charge in [-0.3, -0.25) is 4.79 Å². The van der Waals surface area contributed by atoms with E-state index in [1.54, 1.807) is 16.8 Å². The second kappa shape index (κ2) is 5.56. The highest BCUT2D eigenvalue weighted by Crippen LogP contribution is 2.54. The Morgan fingerprint density at radius 2 is 2.04 bits per heavy atom. The Morgan fingerprint density at radius 1 is 1.32 bits per heavy atom.